The van der Waals surface area contributed by atoms with Crippen LogP contribution in [0.1, 0.15) is 27.7 Å². The highest BCUT2D eigenvalue weighted by atomic mass is 16.6. The highest BCUT2D eigenvalue weighted by Crippen LogP contribution is 2.49. The zero-order valence-electron chi connectivity index (χ0n) is 11.2. The van der Waals surface area contributed by atoms with Crippen molar-refractivity contribution >= 4 is 12.1 Å². The van der Waals surface area contributed by atoms with E-state index in [4.69, 9.17) is 9.47 Å². The largest absolute Gasteiger partial charge is 0.466 e. The van der Waals surface area contributed by atoms with Gasteiger partial charge in [0, 0.05) is 12.1 Å². The minimum Gasteiger partial charge on any atom is -0.466 e. The molecule has 1 heterocycles. The van der Waals surface area contributed by atoms with Crippen molar-refractivity contribution in [1.82, 2.24) is 4.90 Å². The molecule has 18 heavy (non-hydrogen) atoms. The van der Waals surface area contributed by atoms with Crippen molar-refractivity contribution in [1.29, 1.82) is 0 Å². The van der Waals surface area contributed by atoms with Gasteiger partial charge in [-0.25, -0.2) is 4.79 Å². The molecule has 2 aliphatic rings. The molecule has 1 fully saturated rings. The summed E-state index contributed by atoms with van der Waals surface area (Å²) >= 11 is 0. The Bertz CT molecular complexity index is 396. The van der Waals surface area contributed by atoms with Crippen LogP contribution < -0.4 is 0 Å². The van der Waals surface area contributed by atoms with E-state index in [9.17, 15) is 9.59 Å². The van der Waals surface area contributed by atoms with Gasteiger partial charge < -0.3 is 9.47 Å². The molecule has 5 nitrogen and oxygen atoms in total. The average molecular weight is 253 g/mol. The number of hydrogen-bond donors (Lipinski definition) is 0. The van der Waals surface area contributed by atoms with E-state index in [1.807, 2.05) is 26.8 Å². The molecule has 0 saturated heterocycles. The van der Waals surface area contributed by atoms with Gasteiger partial charge in [0.1, 0.15) is 5.60 Å². The van der Waals surface area contributed by atoms with Crippen molar-refractivity contribution in [3.8, 4) is 0 Å². The molecule has 0 aromatic rings. The van der Waals surface area contributed by atoms with Gasteiger partial charge in [0.15, 0.2) is 0 Å². The second-order valence-corrected chi connectivity index (χ2v) is 5.57. The third-order valence-electron chi connectivity index (χ3n) is 2.99. The van der Waals surface area contributed by atoms with Crippen LogP contribution in [0.15, 0.2) is 12.3 Å². The summed E-state index contributed by atoms with van der Waals surface area (Å²) < 4.78 is 10.3. The molecule has 100 valence electrons. The van der Waals surface area contributed by atoms with Crippen LogP contribution in [0, 0.1) is 11.8 Å². The van der Waals surface area contributed by atoms with Gasteiger partial charge in [0.2, 0.25) is 0 Å². The maximum absolute atomic E-state index is 11.9. The molecule has 1 aliphatic carbocycles. The molecule has 0 aromatic carbocycles. The van der Waals surface area contributed by atoms with Gasteiger partial charge in [0.25, 0.3) is 0 Å². The Kier molecular flexibility index (Phi) is 3.09. The Hall–Kier alpha value is -1.52. The van der Waals surface area contributed by atoms with Crippen molar-refractivity contribution in [2.75, 3.05) is 6.61 Å². The normalized spacial score (nSPS) is 28.9. The number of fused-ring (bicyclic) bond motifs is 1. The molecule has 1 saturated carbocycles. The van der Waals surface area contributed by atoms with E-state index in [-0.39, 0.29) is 23.8 Å². The van der Waals surface area contributed by atoms with Gasteiger partial charge in [-0.2, -0.15) is 0 Å². The number of nitrogens with zero attached hydrogens (tertiary/aromatic N) is 1. The fourth-order valence-corrected chi connectivity index (χ4v) is 2.23. The first-order valence-corrected chi connectivity index (χ1v) is 6.21. The Balaban J connectivity index is 1.96. The second kappa shape index (κ2) is 4.30. The number of carbonyl (C=O) groups excluding carboxylic acids is 2. The Labute approximate surface area is 107 Å². The topological polar surface area (TPSA) is 55.8 Å². The Morgan fingerprint density at radius 3 is 2.56 bits per heavy atom. The molecule has 3 atom stereocenters. The molecule has 5 heteroatoms. The van der Waals surface area contributed by atoms with Crippen LogP contribution in [0.4, 0.5) is 4.79 Å². The van der Waals surface area contributed by atoms with Crippen molar-refractivity contribution in [3.05, 3.63) is 12.3 Å². The Morgan fingerprint density at radius 1 is 1.33 bits per heavy atom. The predicted molar refractivity (Wildman–Crippen MR) is 64.6 cm³/mol. The number of hydrogen-bond acceptors (Lipinski definition) is 4. The molecule has 0 bridgehead atoms. The minimum atomic E-state index is -0.530. The van der Waals surface area contributed by atoms with Crippen LogP contribution in [0.2, 0.25) is 0 Å². The number of carbonyl (C=O) groups is 2. The zero-order chi connectivity index (χ0) is 13.5. The first-order chi connectivity index (χ1) is 8.35. The zero-order valence-corrected chi connectivity index (χ0v) is 11.2. The van der Waals surface area contributed by atoms with Crippen molar-refractivity contribution in [3.63, 3.8) is 0 Å². The fraction of sp³-hybridized carbons (Fsp3) is 0.692. The summed E-state index contributed by atoms with van der Waals surface area (Å²) in [5.41, 5.74) is -0.530. The van der Waals surface area contributed by atoms with Crippen molar-refractivity contribution in [2.45, 2.75) is 39.3 Å². The lowest BCUT2D eigenvalue weighted by atomic mass is 10.2. The van der Waals surface area contributed by atoms with Crippen molar-refractivity contribution < 1.29 is 19.1 Å². The van der Waals surface area contributed by atoms with Gasteiger partial charge in [-0.3, -0.25) is 9.69 Å². The van der Waals surface area contributed by atoms with Gasteiger partial charge in [-0.15, -0.1) is 0 Å². The molecule has 0 aromatic heterocycles. The second-order valence-electron chi connectivity index (χ2n) is 5.57. The van der Waals surface area contributed by atoms with Crippen LogP contribution in [0.5, 0.6) is 0 Å². The summed E-state index contributed by atoms with van der Waals surface area (Å²) in [6, 6.07) is -0.112. The van der Waals surface area contributed by atoms with E-state index >= 15 is 0 Å². The SMILES string of the molecule is CCOC(=O)[C@@H]1[C@H]2C=CN(C(=O)OC(C)(C)C)[C@H]21. The predicted octanol–water partition coefficient (Wildman–Crippen LogP) is 1.93. The van der Waals surface area contributed by atoms with Crippen molar-refractivity contribution in [2.24, 2.45) is 11.8 Å². The molecule has 0 spiro atoms. The smallest absolute Gasteiger partial charge is 0.414 e. The lowest BCUT2D eigenvalue weighted by Crippen LogP contribution is -2.35. The van der Waals surface area contributed by atoms with Crippen LogP contribution in [-0.4, -0.2) is 35.2 Å². The summed E-state index contributed by atoms with van der Waals surface area (Å²) in [5.74, 6) is -0.357. The van der Waals surface area contributed by atoms with E-state index < -0.39 is 11.7 Å². The third kappa shape index (κ3) is 2.35. The van der Waals surface area contributed by atoms with Crippen LogP contribution >= 0.6 is 0 Å². The molecule has 0 radical (unpaired) electrons. The molecule has 1 aliphatic heterocycles. The number of rotatable bonds is 2. The quantitative estimate of drug-likeness (QED) is 0.706. The fourth-order valence-electron chi connectivity index (χ4n) is 2.23. The maximum atomic E-state index is 11.9. The van der Waals surface area contributed by atoms with E-state index in [0.717, 1.165) is 0 Å². The minimum absolute atomic E-state index is 0.0940. The van der Waals surface area contributed by atoms with E-state index in [0.29, 0.717) is 6.61 Å². The van der Waals surface area contributed by atoms with Gasteiger partial charge in [0.05, 0.1) is 18.6 Å². The molecule has 0 N–H and O–H groups in total. The lowest BCUT2D eigenvalue weighted by molar-refractivity contribution is -0.145. The first kappa shape index (κ1) is 12.9. The summed E-state index contributed by atoms with van der Waals surface area (Å²) in [6.07, 6.45) is 3.16. The average Bonchev–Trinajstić information content (AvgIpc) is 2.77. The highest BCUT2D eigenvalue weighted by molar-refractivity contribution is 5.82. The van der Waals surface area contributed by atoms with Gasteiger partial charge in [-0.1, -0.05) is 6.08 Å². The number of ether oxygens (including phenoxy) is 2. The summed E-state index contributed by atoms with van der Waals surface area (Å²) in [7, 11) is 0. The monoisotopic (exact) mass is 253 g/mol. The standard InChI is InChI=1S/C13H19NO4/c1-5-17-11(15)9-8-6-7-14(10(8)9)12(16)18-13(2,3)4/h6-10H,5H2,1-4H3/t8-,9-,10-/m1/s1. The molecular formula is C13H19NO4. The third-order valence-corrected chi connectivity index (χ3v) is 2.99. The van der Waals surface area contributed by atoms with E-state index in [1.54, 1.807) is 13.1 Å². The van der Waals surface area contributed by atoms with Gasteiger partial charge in [-0.05, 0) is 27.7 Å². The number of esters is 1. The molecule has 0 unspecified atom stereocenters. The first-order valence-electron chi connectivity index (χ1n) is 6.21. The van der Waals surface area contributed by atoms with Gasteiger partial charge >= 0.3 is 12.1 Å². The lowest BCUT2D eigenvalue weighted by Gasteiger charge is -2.24. The highest BCUT2D eigenvalue weighted by Gasteiger charge is 2.61. The van der Waals surface area contributed by atoms with Crippen LogP contribution in [0.25, 0.3) is 0 Å². The number of amides is 1. The maximum Gasteiger partial charge on any atom is 0.414 e. The van der Waals surface area contributed by atoms with Crippen LogP contribution in [0.3, 0.4) is 0 Å². The van der Waals surface area contributed by atoms with E-state index in [1.165, 1.54) is 4.90 Å². The molecule has 1 amide bonds. The van der Waals surface area contributed by atoms with E-state index in [2.05, 4.69) is 0 Å². The summed E-state index contributed by atoms with van der Waals surface area (Å²) in [6.45, 7) is 7.59. The van der Waals surface area contributed by atoms with Crippen LogP contribution in [-0.2, 0) is 14.3 Å². The molecule has 2 rings (SSSR count). The summed E-state index contributed by atoms with van der Waals surface area (Å²) in [4.78, 5) is 25.1. The summed E-state index contributed by atoms with van der Waals surface area (Å²) in [5, 5.41) is 0. The Morgan fingerprint density at radius 2 is 2.00 bits per heavy atom. The molecular weight excluding hydrogens is 234 g/mol.